The minimum atomic E-state index is 0.265. The quantitative estimate of drug-likeness (QED) is 0.675. The Balaban J connectivity index is 2.84. The molecule has 69 valence electrons. The van der Waals surface area contributed by atoms with Crippen LogP contribution in [0.4, 0.5) is 0 Å². The smallest absolute Gasteiger partial charge is 0.233 e. The molecule has 13 heavy (non-hydrogen) atoms. The molecule has 0 aromatic heterocycles. The Kier molecular flexibility index (Phi) is 2.86. The third-order valence-electron chi connectivity index (χ3n) is 1.78. The molecule has 0 fully saturated rings. The fraction of sp³-hybridized carbons (Fsp3) is 0.417. The first kappa shape index (κ1) is 9.97. The molecule has 0 aliphatic heterocycles. The molecule has 0 bridgehead atoms. The van der Waals surface area contributed by atoms with Crippen molar-refractivity contribution in [3.05, 3.63) is 35.4 Å². The van der Waals surface area contributed by atoms with E-state index >= 15 is 0 Å². The lowest BCUT2D eigenvalue weighted by atomic mass is 9.88. The van der Waals surface area contributed by atoms with Crippen LogP contribution < -0.4 is 0 Å². The van der Waals surface area contributed by atoms with E-state index in [1.54, 1.807) is 6.07 Å². The van der Waals surface area contributed by atoms with Gasteiger partial charge in [0.2, 0.25) is 6.29 Å². The molecule has 0 atom stereocenters. The minimum Gasteiger partial charge on any atom is -0.285 e. The van der Waals surface area contributed by atoms with Crippen molar-refractivity contribution in [1.29, 1.82) is 0 Å². The molecule has 0 aliphatic carbocycles. The van der Waals surface area contributed by atoms with Crippen LogP contribution in [-0.4, -0.2) is 6.29 Å². The zero-order valence-electron chi connectivity index (χ0n) is 8.42. The highest BCUT2D eigenvalue weighted by Gasteiger charge is 2.10. The van der Waals surface area contributed by atoms with E-state index in [4.69, 9.17) is 0 Å². The topological polar surface area (TPSA) is 17.1 Å². The molecule has 1 rings (SSSR count). The summed E-state index contributed by atoms with van der Waals surface area (Å²) in [5, 5.41) is 0. The van der Waals surface area contributed by atoms with Gasteiger partial charge < -0.3 is 0 Å². The number of carbonyl (C=O) groups excluding carboxylic acids is 1. The highest BCUT2D eigenvalue weighted by molar-refractivity contribution is 5.75. The van der Waals surface area contributed by atoms with Crippen molar-refractivity contribution in [2.45, 2.75) is 27.2 Å². The van der Waals surface area contributed by atoms with Gasteiger partial charge in [0.25, 0.3) is 0 Å². The summed E-state index contributed by atoms with van der Waals surface area (Å²) in [7, 11) is 0. The van der Waals surface area contributed by atoms with Crippen LogP contribution in [0.25, 0.3) is 0 Å². The van der Waals surface area contributed by atoms with E-state index in [1.165, 1.54) is 5.56 Å². The van der Waals surface area contributed by atoms with Crippen molar-refractivity contribution in [2.75, 3.05) is 0 Å². The molecule has 1 aromatic rings. The molecule has 0 saturated carbocycles. The summed E-state index contributed by atoms with van der Waals surface area (Å²) >= 11 is 0. The Bertz CT molecular complexity index is 294. The molecule has 0 saturated heterocycles. The Hall–Kier alpha value is -1.11. The normalized spacial score (nSPS) is 11.3. The van der Waals surface area contributed by atoms with E-state index in [2.05, 4.69) is 20.8 Å². The van der Waals surface area contributed by atoms with E-state index in [1.807, 2.05) is 24.5 Å². The van der Waals surface area contributed by atoms with Crippen LogP contribution in [0.1, 0.15) is 31.9 Å². The zero-order chi connectivity index (χ0) is 9.90. The summed E-state index contributed by atoms with van der Waals surface area (Å²) in [4.78, 5) is 10.4. The van der Waals surface area contributed by atoms with Gasteiger partial charge in [0.15, 0.2) is 0 Å². The summed E-state index contributed by atoms with van der Waals surface area (Å²) in [6, 6.07) is 7.63. The highest BCUT2D eigenvalue weighted by Crippen LogP contribution is 2.20. The Morgan fingerprint density at radius 1 is 1.31 bits per heavy atom. The fourth-order valence-corrected chi connectivity index (χ4v) is 1.36. The van der Waals surface area contributed by atoms with Crippen molar-refractivity contribution < 1.29 is 4.79 Å². The first-order valence-corrected chi connectivity index (χ1v) is 4.48. The van der Waals surface area contributed by atoms with Crippen LogP contribution in [0.5, 0.6) is 0 Å². The first-order chi connectivity index (χ1) is 6.01. The molecule has 0 spiro atoms. The van der Waals surface area contributed by atoms with Crippen molar-refractivity contribution >= 4 is 6.29 Å². The van der Waals surface area contributed by atoms with E-state index < -0.39 is 0 Å². The second kappa shape index (κ2) is 3.73. The predicted molar refractivity (Wildman–Crippen MR) is 54.4 cm³/mol. The van der Waals surface area contributed by atoms with Crippen molar-refractivity contribution in [1.82, 2.24) is 0 Å². The second-order valence-corrected chi connectivity index (χ2v) is 4.54. The predicted octanol–water partition coefficient (Wildman–Crippen LogP) is 2.73. The molecule has 1 aromatic carbocycles. The van der Waals surface area contributed by atoms with Crippen molar-refractivity contribution in [2.24, 2.45) is 5.41 Å². The first-order valence-electron chi connectivity index (χ1n) is 4.48. The largest absolute Gasteiger partial charge is 0.285 e. The molecular formula is C12H15O. The Morgan fingerprint density at radius 3 is 2.54 bits per heavy atom. The summed E-state index contributed by atoms with van der Waals surface area (Å²) in [5.74, 6) is 0. The van der Waals surface area contributed by atoms with E-state index in [9.17, 15) is 4.79 Å². The number of hydrogen-bond donors (Lipinski definition) is 0. The average molecular weight is 175 g/mol. The molecule has 0 N–H and O–H groups in total. The maximum atomic E-state index is 10.4. The minimum absolute atomic E-state index is 0.265. The monoisotopic (exact) mass is 175 g/mol. The lowest BCUT2D eigenvalue weighted by molar-refractivity contribution is 0.411. The van der Waals surface area contributed by atoms with Gasteiger partial charge in [-0.2, -0.15) is 0 Å². The van der Waals surface area contributed by atoms with Crippen LogP contribution in [0, 0.1) is 5.41 Å². The van der Waals surface area contributed by atoms with E-state index in [0.29, 0.717) is 5.56 Å². The Labute approximate surface area is 79.8 Å². The molecule has 0 unspecified atom stereocenters. The van der Waals surface area contributed by atoms with Gasteiger partial charge in [0.05, 0.1) is 0 Å². The second-order valence-electron chi connectivity index (χ2n) is 4.54. The number of hydrogen-bond acceptors (Lipinski definition) is 1. The molecule has 0 heterocycles. The molecule has 1 heteroatoms. The van der Waals surface area contributed by atoms with Crippen LogP contribution in [0.2, 0.25) is 0 Å². The molecule has 1 nitrogen and oxygen atoms in total. The van der Waals surface area contributed by atoms with E-state index in [0.717, 1.165) is 6.42 Å². The van der Waals surface area contributed by atoms with Crippen molar-refractivity contribution in [3.63, 3.8) is 0 Å². The lowest BCUT2D eigenvalue weighted by Crippen LogP contribution is -2.09. The molecule has 0 amide bonds. The maximum Gasteiger partial charge on any atom is 0.233 e. The zero-order valence-corrected chi connectivity index (χ0v) is 8.42. The van der Waals surface area contributed by atoms with Crippen LogP contribution >= 0.6 is 0 Å². The van der Waals surface area contributed by atoms with Gasteiger partial charge in [-0.3, -0.25) is 4.79 Å². The van der Waals surface area contributed by atoms with Gasteiger partial charge in [-0.05, 0) is 23.5 Å². The van der Waals surface area contributed by atoms with Gasteiger partial charge in [-0.15, -0.1) is 0 Å². The van der Waals surface area contributed by atoms with Gasteiger partial charge in [0, 0.05) is 5.56 Å². The maximum absolute atomic E-state index is 10.4. The van der Waals surface area contributed by atoms with Crippen LogP contribution in [0.3, 0.4) is 0 Å². The van der Waals surface area contributed by atoms with Gasteiger partial charge in [-0.25, -0.2) is 0 Å². The highest BCUT2D eigenvalue weighted by atomic mass is 16.1. The molecule has 0 aliphatic rings. The summed E-state index contributed by atoms with van der Waals surface area (Å²) < 4.78 is 0. The summed E-state index contributed by atoms with van der Waals surface area (Å²) in [6.45, 7) is 6.55. The SMILES string of the molecule is CC(C)(C)Cc1cccc([C]=O)c1. The van der Waals surface area contributed by atoms with Crippen molar-refractivity contribution in [3.8, 4) is 0 Å². The summed E-state index contributed by atoms with van der Waals surface area (Å²) in [6.07, 6.45) is 2.89. The van der Waals surface area contributed by atoms with Gasteiger partial charge in [0.1, 0.15) is 0 Å². The lowest BCUT2D eigenvalue weighted by Gasteiger charge is -2.17. The van der Waals surface area contributed by atoms with Crippen LogP contribution in [0.15, 0.2) is 24.3 Å². The van der Waals surface area contributed by atoms with Gasteiger partial charge in [-0.1, -0.05) is 39.0 Å². The third-order valence-corrected chi connectivity index (χ3v) is 1.78. The average Bonchev–Trinajstić information content (AvgIpc) is 2.01. The molecular weight excluding hydrogens is 160 g/mol. The van der Waals surface area contributed by atoms with E-state index in [-0.39, 0.29) is 5.41 Å². The number of benzene rings is 1. The molecule has 1 radical (unpaired) electrons. The van der Waals surface area contributed by atoms with Gasteiger partial charge >= 0.3 is 0 Å². The standard InChI is InChI=1S/C12H15O/c1-12(2,3)8-10-5-4-6-11(7-10)9-13/h4-7H,8H2,1-3H3. The Morgan fingerprint density at radius 2 is 2.00 bits per heavy atom. The van der Waals surface area contributed by atoms with Crippen LogP contribution in [-0.2, 0) is 11.2 Å². The summed E-state index contributed by atoms with van der Waals surface area (Å²) in [5.41, 5.74) is 2.11. The third kappa shape index (κ3) is 3.41. The fourth-order valence-electron chi connectivity index (χ4n) is 1.36. The number of rotatable bonds is 2.